The second-order valence-corrected chi connectivity index (χ2v) is 6.70. The molecule has 0 saturated carbocycles. The Balaban J connectivity index is 1.74. The number of nitrogens with zero attached hydrogens (tertiary/aromatic N) is 2. The van der Waals surface area contributed by atoms with Crippen LogP contribution in [0.25, 0.3) is 0 Å². The van der Waals surface area contributed by atoms with Gasteiger partial charge in [-0.2, -0.15) is 5.10 Å². The molecule has 0 aliphatic heterocycles. The molecule has 0 aliphatic rings. The van der Waals surface area contributed by atoms with Crippen LogP contribution in [0.15, 0.2) is 48.5 Å². The number of hydrogen-bond acceptors (Lipinski definition) is 2. The maximum Gasteiger partial charge on any atom is 0.175 e. The first kappa shape index (κ1) is 18.4. The molecule has 3 rings (SSSR count). The summed E-state index contributed by atoms with van der Waals surface area (Å²) in [5.74, 6) is -0.290. The lowest BCUT2D eigenvalue weighted by molar-refractivity contribution is 0.628. The SMILES string of the molecule is Cc1nn(Cc2ccccc2Cl)c(C)c1NC(=S)Nc1ccc(F)cc1. The van der Waals surface area contributed by atoms with Gasteiger partial charge in [-0.05, 0) is 62.0 Å². The Labute approximate surface area is 162 Å². The molecule has 2 aromatic carbocycles. The van der Waals surface area contributed by atoms with E-state index in [9.17, 15) is 4.39 Å². The van der Waals surface area contributed by atoms with Gasteiger partial charge >= 0.3 is 0 Å². The maximum atomic E-state index is 13.0. The van der Waals surface area contributed by atoms with Crippen LogP contribution < -0.4 is 10.6 Å². The first-order valence-electron chi connectivity index (χ1n) is 8.05. The minimum absolute atomic E-state index is 0.290. The fraction of sp³-hybridized carbons (Fsp3) is 0.158. The summed E-state index contributed by atoms with van der Waals surface area (Å²) in [5.41, 5.74) is 4.33. The second kappa shape index (κ2) is 7.85. The maximum absolute atomic E-state index is 13.0. The molecule has 0 saturated heterocycles. The number of halogens is 2. The zero-order valence-electron chi connectivity index (χ0n) is 14.4. The molecule has 134 valence electrons. The summed E-state index contributed by atoms with van der Waals surface area (Å²) in [7, 11) is 0. The van der Waals surface area contributed by atoms with Crippen molar-refractivity contribution in [3.63, 3.8) is 0 Å². The summed E-state index contributed by atoms with van der Waals surface area (Å²) >= 11 is 11.6. The highest BCUT2D eigenvalue weighted by atomic mass is 35.5. The van der Waals surface area contributed by atoms with Crippen molar-refractivity contribution in [2.24, 2.45) is 0 Å². The largest absolute Gasteiger partial charge is 0.332 e. The molecule has 4 nitrogen and oxygen atoms in total. The second-order valence-electron chi connectivity index (χ2n) is 5.88. The van der Waals surface area contributed by atoms with Crippen molar-refractivity contribution in [2.45, 2.75) is 20.4 Å². The van der Waals surface area contributed by atoms with E-state index >= 15 is 0 Å². The van der Waals surface area contributed by atoms with Crippen LogP contribution >= 0.6 is 23.8 Å². The number of benzene rings is 2. The van der Waals surface area contributed by atoms with Crippen molar-refractivity contribution in [3.05, 3.63) is 76.3 Å². The molecule has 0 unspecified atom stereocenters. The van der Waals surface area contributed by atoms with Gasteiger partial charge in [0, 0.05) is 10.7 Å². The van der Waals surface area contributed by atoms with Crippen LogP contribution in [0.1, 0.15) is 17.0 Å². The number of aromatic nitrogens is 2. The standard InChI is InChI=1S/C19H18ClFN4S/c1-12-18(23-19(26)22-16-9-7-15(21)8-10-16)13(2)25(24-12)11-14-5-3-4-6-17(14)20/h3-10H,11H2,1-2H3,(H2,22,23,26). The number of anilines is 2. The zero-order valence-corrected chi connectivity index (χ0v) is 16.0. The van der Waals surface area contributed by atoms with E-state index in [0.29, 0.717) is 22.4 Å². The highest BCUT2D eigenvalue weighted by molar-refractivity contribution is 7.80. The average Bonchev–Trinajstić information content (AvgIpc) is 2.86. The summed E-state index contributed by atoms with van der Waals surface area (Å²) in [5, 5.41) is 11.9. The van der Waals surface area contributed by atoms with Gasteiger partial charge in [-0.1, -0.05) is 29.8 Å². The summed E-state index contributed by atoms with van der Waals surface area (Å²) in [6.07, 6.45) is 0. The van der Waals surface area contributed by atoms with Crippen molar-refractivity contribution >= 4 is 40.3 Å². The molecule has 0 radical (unpaired) electrons. The van der Waals surface area contributed by atoms with Crippen LogP contribution in [0, 0.1) is 19.7 Å². The van der Waals surface area contributed by atoms with E-state index in [1.807, 2.05) is 42.8 Å². The van der Waals surface area contributed by atoms with E-state index < -0.39 is 0 Å². The molecule has 1 heterocycles. The molecule has 0 fully saturated rings. The quantitative estimate of drug-likeness (QED) is 0.606. The number of nitrogens with one attached hydrogen (secondary N) is 2. The molecule has 0 amide bonds. The normalized spacial score (nSPS) is 10.6. The van der Waals surface area contributed by atoms with Gasteiger partial charge in [0.2, 0.25) is 0 Å². The van der Waals surface area contributed by atoms with Crippen LogP contribution in [0.3, 0.4) is 0 Å². The number of aryl methyl sites for hydroxylation is 1. The molecule has 0 atom stereocenters. The van der Waals surface area contributed by atoms with Gasteiger partial charge in [0.25, 0.3) is 0 Å². The summed E-state index contributed by atoms with van der Waals surface area (Å²) in [4.78, 5) is 0. The molecule has 0 spiro atoms. The van der Waals surface area contributed by atoms with Gasteiger partial charge in [-0.3, -0.25) is 4.68 Å². The Bertz CT molecular complexity index is 937. The van der Waals surface area contributed by atoms with E-state index in [4.69, 9.17) is 23.8 Å². The van der Waals surface area contributed by atoms with Crippen molar-refractivity contribution in [1.29, 1.82) is 0 Å². The fourth-order valence-electron chi connectivity index (χ4n) is 2.63. The summed E-state index contributed by atoms with van der Waals surface area (Å²) in [6.45, 7) is 4.46. The summed E-state index contributed by atoms with van der Waals surface area (Å²) < 4.78 is 14.9. The molecular formula is C19H18ClFN4S. The Hall–Kier alpha value is -2.44. The third kappa shape index (κ3) is 4.20. The predicted octanol–water partition coefficient (Wildman–Crippen LogP) is 5.15. The van der Waals surface area contributed by atoms with Gasteiger partial charge in [0.1, 0.15) is 5.82 Å². The highest BCUT2D eigenvalue weighted by Crippen LogP contribution is 2.23. The van der Waals surface area contributed by atoms with Gasteiger partial charge in [-0.25, -0.2) is 4.39 Å². The number of rotatable bonds is 4. The topological polar surface area (TPSA) is 41.9 Å². The van der Waals surface area contributed by atoms with E-state index in [0.717, 1.165) is 22.6 Å². The lowest BCUT2D eigenvalue weighted by Gasteiger charge is -2.11. The zero-order chi connectivity index (χ0) is 18.7. The molecule has 3 aromatic rings. The molecular weight excluding hydrogens is 371 g/mol. The van der Waals surface area contributed by atoms with Crippen molar-refractivity contribution in [1.82, 2.24) is 9.78 Å². The monoisotopic (exact) mass is 388 g/mol. The van der Waals surface area contributed by atoms with E-state index in [-0.39, 0.29) is 5.82 Å². The molecule has 1 aromatic heterocycles. The minimum atomic E-state index is -0.290. The highest BCUT2D eigenvalue weighted by Gasteiger charge is 2.14. The van der Waals surface area contributed by atoms with E-state index in [1.165, 1.54) is 12.1 Å². The molecule has 26 heavy (non-hydrogen) atoms. The number of hydrogen-bond donors (Lipinski definition) is 2. The first-order chi connectivity index (χ1) is 12.4. The van der Waals surface area contributed by atoms with Crippen LogP contribution in [0.5, 0.6) is 0 Å². The third-order valence-corrected chi connectivity index (χ3v) is 4.57. The van der Waals surface area contributed by atoms with Crippen molar-refractivity contribution in [2.75, 3.05) is 10.6 Å². The molecule has 2 N–H and O–H groups in total. The van der Waals surface area contributed by atoms with Gasteiger partial charge in [0.15, 0.2) is 5.11 Å². The summed E-state index contributed by atoms with van der Waals surface area (Å²) in [6, 6.07) is 13.7. The Morgan fingerprint density at radius 1 is 1.12 bits per heavy atom. The Morgan fingerprint density at radius 3 is 2.50 bits per heavy atom. The Kier molecular flexibility index (Phi) is 5.54. The van der Waals surface area contributed by atoms with E-state index in [2.05, 4.69) is 15.7 Å². The molecule has 7 heteroatoms. The van der Waals surface area contributed by atoms with Gasteiger partial charge in [0.05, 0.1) is 23.6 Å². The minimum Gasteiger partial charge on any atom is -0.332 e. The van der Waals surface area contributed by atoms with Gasteiger partial charge < -0.3 is 10.6 Å². The van der Waals surface area contributed by atoms with Gasteiger partial charge in [-0.15, -0.1) is 0 Å². The first-order valence-corrected chi connectivity index (χ1v) is 8.83. The lowest BCUT2D eigenvalue weighted by atomic mass is 10.2. The molecule has 0 bridgehead atoms. The van der Waals surface area contributed by atoms with E-state index in [1.54, 1.807) is 12.1 Å². The Morgan fingerprint density at radius 2 is 1.81 bits per heavy atom. The average molecular weight is 389 g/mol. The smallest absolute Gasteiger partial charge is 0.175 e. The van der Waals surface area contributed by atoms with Crippen molar-refractivity contribution < 1.29 is 4.39 Å². The predicted molar refractivity (Wildman–Crippen MR) is 108 cm³/mol. The van der Waals surface area contributed by atoms with Crippen LogP contribution in [-0.4, -0.2) is 14.9 Å². The molecule has 0 aliphatic carbocycles. The fourth-order valence-corrected chi connectivity index (χ4v) is 3.04. The van der Waals surface area contributed by atoms with Crippen LogP contribution in [-0.2, 0) is 6.54 Å². The van der Waals surface area contributed by atoms with Crippen LogP contribution in [0.4, 0.5) is 15.8 Å². The number of thiocarbonyl (C=S) groups is 1. The lowest BCUT2D eigenvalue weighted by Crippen LogP contribution is -2.20. The van der Waals surface area contributed by atoms with Crippen LogP contribution in [0.2, 0.25) is 5.02 Å². The van der Waals surface area contributed by atoms with Crippen molar-refractivity contribution in [3.8, 4) is 0 Å². The third-order valence-electron chi connectivity index (χ3n) is 4.00.